The monoisotopic (exact) mass is 308 g/mol. The predicted octanol–water partition coefficient (Wildman–Crippen LogP) is 4.73. The summed E-state index contributed by atoms with van der Waals surface area (Å²) in [7, 11) is 0. The Morgan fingerprint density at radius 3 is 2.17 bits per heavy atom. The van der Waals surface area contributed by atoms with Crippen LogP contribution < -0.4 is 0 Å². The quantitative estimate of drug-likeness (QED) is 0.431. The molecular weight excluding hydrogens is 292 g/mol. The summed E-state index contributed by atoms with van der Waals surface area (Å²) in [4.78, 5) is 0. The summed E-state index contributed by atoms with van der Waals surface area (Å²) in [5.74, 6) is 2.64. The lowest BCUT2D eigenvalue weighted by atomic mass is 10.2. The van der Waals surface area contributed by atoms with E-state index in [0.717, 1.165) is 17.4 Å². The standard InChI is InChI=1S/C16H12N2.C6H4/c1-2-15-14-10-6-7-11-16(14)18(17-15)12-13-8-4-3-5-9-13;1-2-5-4-6(5)3-1/h1,3-11H,12H2;1-4H. The third kappa shape index (κ3) is 2.80. The maximum absolute atomic E-state index is 5.50. The molecule has 1 heterocycles. The molecule has 0 unspecified atom stereocenters. The molecule has 0 amide bonds. The van der Waals surface area contributed by atoms with Crippen LogP contribution in [0.15, 0.2) is 78.9 Å². The molecular formula is C22H16N2. The van der Waals surface area contributed by atoms with Gasteiger partial charge in [0.25, 0.3) is 0 Å². The molecule has 2 aliphatic rings. The molecule has 0 saturated carbocycles. The van der Waals surface area contributed by atoms with Crippen LogP contribution in [-0.4, -0.2) is 9.78 Å². The van der Waals surface area contributed by atoms with E-state index in [1.807, 2.05) is 47.1 Å². The number of hydrogen-bond donors (Lipinski definition) is 0. The average molecular weight is 308 g/mol. The first kappa shape index (κ1) is 14.3. The van der Waals surface area contributed by atoms with Crippen molar-refractivity contribution < 1.29 is 0 Å². The van der Waals surface area contributed by atoms with Crippen molar-refractivity contribution >= 4 is 10.9 Å². The molecule has 0 radical (unpaired) electrons. The minimum Gasteiger partial charge on any atom is -0.259 e. The van der Waals surface area contributed by atoms with Crippen LogP contribution in [0.1, 0.15) is 11.3 Å². The van der Waals surface area contributed by atoms with Crippen molar-refractivity contribution in [3.05, 3.63) is 90.1 Å². The second kappa shape index (κ2) is 6.06. The Hall–Kier alpha value is -3.31. The first-order valence-corrected chi connectivity index (χ1v) is 7.92. The van der Waals surface area contributed by atoms with Gasteiger partial charge in [0.15, 0.2) is 0 Å². The van der Waals surface area contributed by atoms with Crippen LogP contribution >= 0.6 is 0 Å². The molecule has 2 heteroatoms. The second-order valence-electron chi connectivity index (χ2n) is 5.73. The van der Waals surface area contributed by atoms with Gasteiger partial charge in [-0.2, -0.15) is 5.10 Å². The molecule has 0 N–H and O–H groups in total. The predicted molar refractivity (Wildman–Crippen MR) is 98.6 cm³/mol. The fourth-order valence-electron chi connectivity index (χ4n) is 2.79. The first-order chi connectivity index (χ1) is 11.8. The van der Waals surface area contributed by atoms with Gasteiger partial charge in [-0.3, -0.25) is 4.68 Å². The number of benzene rings is 3. The number of para-hydroxylation sites is 1. The molecule has 5 rings (SSSR count). The van der Waals surface area contributed by atoms with E-state index in [0.29, 0.717) is 5.69 Å². The van der Waals surface area contributed by atoms with Crippen molar-refractivity contribution in [2.45, 2.75) is 6.54 Å². The van der Waals surface area contributed by atoms with Gasteiger partial charge in [0.2, 0.25) is 0 Å². The normalized spacial score (nSPS) is 10.6. The van der Waals surface area contributed by atoms with Crippen LogP contribution in [0.3, 0.4) is 0 Å². The van der Waals surface area contributed by atoms with Gasteiger partial charge in [0, 0.05) is 5.39 Å². The minimum absolute atomic E-state index is 0.710. The first-order valence-electron chi connectivity index (χ1n) is 7.92. The maximum atomic E-state index is 5.50. The molecule has 2 aliphatic carbocycles. The molecule has 0 aliphatic heterocycles. The zero-order chi connectivity index (χ0) is 16.4. The summed E-state index contributed by atoms with van der Waals surface area (Å²) in [6.07, 6.45) is 5.50. The van der Waals surface area contributed by atoms with Crippen molar-refractivity contribution in [3.63, 3.8) is 0 Å². The molecule has 0 atom stereocenters. The van der Waals surface area contributed by atoms with E-state index in [1.165, 1.54) is 16.7 Å². The van der Waals surface area contributed by atoms with Crippen LogP contribution in [-0.2, 0) is 6.54 Å². The highest BCUT2D eigenvalue weighted by atomic mass is 15.3. The fraction of sp³-hybridized carbons (Fsp3) is 0.0455. The number of hydrogen-bond acceptors (Lipinski definition) is 1. The van der Waals surface area contributed by atoms with E-state index in [-0.39, 0.29) is 0 Å². The smallest absolute Gasteiger partial charge is 0.142 e. The van der Waals surface area contributed by atoms with E-state index in [1.54, 1.807) is 0 Å². The van der Waals surface area contributed by atoms with E-state index in [2.05, 4.69) is 47.4 Å². The number of fused-ring (bicyclic) bond motifs is 2. The molecule has 2 nitrogen and oxygen atoms in total. The lowest BCUT2D eigenvalue weighted by Gasteiger charge is -2.03. The van der Waals surface area contributed by atoms with Crippen LogP contribution in [0.5, 0.6) is 0 Å². The van der Waals surface area contributed by atoms with Gasteiger partial charge in [-0.05, 0) is 40.8 Å². The SMILES string of the molecule is C#Cc1nn(Cc2ccccc2)c2ccccc12.c1cc2cc-2c1. The largest absolute Gasteiger partial charge is 0.259 e. The van der Waals surface area contributed by atoms with Gasteiger partial charge in [0.05, 0.1) is 12.1 Å². The zero-order valence-corrected chi connectivity index (χ0v) is 13.2. The highest BCUT2D eigenvalue weighted by molar-refractivity contribution is 5.84. The summed E-state index contributed by atoms with van der Waals surface area (Å²) >= 11 is 0. The van der Waals surface area contributed by atoms with Gasteiger partial charge >= 0.3 is 0 Å². The highest BCUT2D eigenvalue weighted by Crippen LogP contribution is 2.32. The Labute approximate surface area is 141 Å². The minimum atomic E-state index is 0.710. The number of aromatic nitrogens is 2. The summed E-state index contributed by atoms with van der Waals surface area (Å²) in [6.45, 7) is 0.739. The van der Waals surface area contributed by atoms with Crippen LogP contribution in [0.25, 0.3) is 22.0 Å². The fourth-order valence-corrected chi connectivity index (χ4v) is 2.79. The lowest BCUT2D eigenvalue weighted by Crippen LogP contribution is -2.01. The molecule has 0 fully saturated rings. The Morgan fingerprint density at radius 2 is 1.54 bits per heavy atom. The van der Waals surface area contributed by atoms with Crippen LogP contribution in [0.4, 0.5) is 0 Å². The molecule has 0 spiro atoms. The summed E-state index contributed by atoms with van der Waals surface area (Å²) in [5.41, 5.74) is 5.86. The Bertz CT molecular complexity index is 1020. The third-order valence-corrected chi connectivity index (χ3v) is 4.08. The Morgan fingerprint density at radius 1 is 0.833 bits per heavy atom. The van der Waals surface area contributed by atoms with E-state index >= 15 is 0 Å². The van der Waals surface area contributed by atoms with Gasteiger partial charge in [-0.15, -0.1) is 6.42 Å². The highest BCUT2D eigenvalue weighted by Gasteiger charge is 2.08. The van der Waals surface area contributed by atoms with Crippen molar-refractivity contribution in [1.29, 1.82) is 0 Å². The molecule has 1 aromatic heterocycles. The molecule has 114 valence electrons. The van der Waals surface area contributed by atoms with Gasteiger partial charge in [-0.1, -0.05) is 60.7 Å². The van der Waals surface area contributed by atoms with E-state index < -0.39 is 0 Å². The number of rotatable bonds is 2. The Kier molecular flexibility index (Phi) is 3.61. The molecule has 24 heavy (non-hydrogen) atoms. The van der Waals surface area contributed by atoms with E-state index in [4.69, 9.17) is 6.42 Å². The average Bonchev–Trinajstić information content (AvgIpc) is 3.08. The lowest BCUT2D eigenvalue weighted by molar-refractivity contribution is 0.709. The number of nitrogens with zero attached hydrogens (tertiary/aromatic N) is 2. The summed E-state index contributed by atoms with van der Waals surface area (Å²) in [5, 5.41) is 5.52. The van der Waals surface area contributed by atoms with Crippen LogP contribution in [0.2, 0.25) is 0 Å². The maximum Gasteiger partial charge on any atom is 0.142 e. The van der Waals surface area contributed by atoms with Crippen molar-refractivity contribution in [2.24, 2.45) is 0 Å². The van der Waals surface area contributed by atoms with Crippen molar-refractivity contribution in [1.82, 2.24) is 9.78 Å². The molecule has 3 aromatic rings. The van der Waals surface area contributed by atoms with Crippen LogP contribution in [0, 0.1) is 12.3 Å². The third-order valence-electron chi connectivity index (χ3n) is 4.08. The van der Waals surface area contributed by atoms with Crippen molar-refractivity contribution in [3.8, 4) is 23.5 Å². The zero-order valence-electron chi connectivity index (χ0n) is 13.2. The van der Waals surface area contributed by atoms with Crippen molar-refractivity contribution in [2.75, 3.05) is 0 Å². The topological polar surface area (TPSA) is 17.8 Å². The second-order valence-corrected chi connectivity index (χ2v) is 5.73. The summed E-state index contributed by atoms with van der Waals surface area (Å²) in [6, 6.07) is 26.8. The Balaban J connectivity index is 0.000000201. The van der Waals surface area contributed by atoms with Gasteiger partial charge < -0.3 is 0 Å². The molecule has 0 saturated heterocycles. The molecule has 2 aromatic carbocycles. The molecule has 0 bridgehead atoms. The summed E-state index contributed by atoms with van der Waals surface area (Å²) < 4.78 is 1.96. The number of terminal acetylenes is 1. The van der Waals surface area contributed by atoms with Gasteiger partial charge in [0.1, 0.15) is 5.69 Å². The van der Waals surface area contributed by atoms with E-state index in [9.17, 15) is 0 Å². The van der Waals surface area contributed by atoms with Gasteiger partial charge in [-0.25, -0.2) is 0 Å².